The molecule has 1 aliphatic carbocycles. The number of hydrogen-bond acceptors (Lipinski definition) is 3. The minimum Gasteiger partial charge on any atom is -0.349 e. The van der Waals surface area contributed by atoms with Crippen LogP contribution in [0.1, 0.15) is 28.9 Å². The second-order valence-electron chi connectivity index (χ2n) is 5.94. The number of rotatable bonds is 5. The molecule has 0 atom stereocenters. The lowest BCUT2D eigenvalue weighted by molar-refractivity contribution is 0.0951. The molecule has 6 heteroatoms. The Morgan fingerprint density at radius 3 is 2.75 bits per heavy atom. The van der Waals surface area contributed by atoms with Gasteiger partial charge in [0.15, 0.2) is 0 Å². The summed E-state index contributed by atoms with van der Waals surface area (Å²) in [5, 5.41) is 5.74. The van der Waals surface area contributed by atoms with Crippen LogP contribution in [0.3, 0.4) is 0 Å². The summed E-state index contributed by atoms with van der Waals surface area (Å²) >= 11 is 0. The summed E-state index contributed by atoms with van der Waals surface area (Å²) in [6.45, 7) is 0.411. The van der Waals surface area contributed by atoms with Gasteiger partial charge in [0.1, 0.15) is 0 Å². The molecule has 1 saturated carbocycles. The van der Waals surface area contributed by atoms with Gasteiger partial charge in [-0.1, -0.05) is 12.1 Å². The molecule has 24 heavy (non-hydrogen) atoms. The van der Waals surface area contributed by atoms with E-state index in [0.29, 0.717) is 23.8 Å². The van der Waals surface area contributed by atoms with Crippen molar-refractivity contribution in [2.75, 3.05) is 12.4 Å². The van der Waals surface area contributed by atoms with E-state index >= 15 is 0 Å². The third kappa shape index (κ3) is 4.32. The molecule has 1 fully saturated rings. The Balaban J connectivity index is 1.60. The van der Waals surface area contributed by atoms with Crippen LogP contribution in [-0.4, -0.2) is 34.9 Å². The number of carbonyl (C=O) groups is 2. The molecule has 3 rings (SSSR count). The van der Waals surface area contributed by atoms with E-state index in [2.05, 4.69) is 15.6 Å². The third-order valence-corrected chi connectivity index (χ3v) is 3.76. The zero-order valence-corrected chi connectivity index (χ0v) is 13.5. The zero-order chi connectivity index (χ0) is 16.9. The SMILES string of the molecule is CN(Cc1ccccn1)C(=O)Nc1cccc(C(=O)NC2CC2)c1. The van der Waals surface area contributed by atoms with Gasteiger partial charge in [0.05, 0.1) is 12.2 Å². The highest BCUT2D eigenvalue weighted by atomic mass is 16.2. The van der Waals surface area contributed by atoms with Crippen LogP contribution in [0.15, 0.2) is 48.7 Å². The van der Waals surface area contributed by atoms with Gasteiger partial charge in [-0.2, -0.15) is 0 Å². The first-order valence-electron chi connectivity index (χ1n) is 7.95. The molecule has 124 valence electrons. The van der Waals surface area contributed by atoms with Crippen LogP contribution in [0.5, 0.6) is 0 Å². The highest BCUT2D eigenvalue weighted by molar-refractivity contribution is 5.97. The molecular formula is C18H20N4O2. The summed E-state index contributed by atoms with van der Waals surface area (Å²) in [6.07, 6.45) is 3.78. The van der Waals surface area contributed by atoms with Gasteiger partial charge < -0.3 is 15.5 Å². The summed E-state index contributed by atoms with van der Waals surface area (Å²) in [4.78, 5) is 30.1. The maximum absolute atomic E-state index is 12.3. The Morgan fingerprint density at radius 2 is 2.04 bits per heavy atom. The van der Waals surface area contributed by atoms with E-state index in [0.717, 1.165) is 18.5 Å². The van der Waals surface area contributed by atoms with Gasteiger partial charge in [-0.15, -0.1) is 0 Å². The standard InChI is InChI=1S/C18H20N4O2/c1-22(12-16-6-2-3-10-19-16)18(24)21-15-7-4-5-13(11-15)17(23)20-14-8-9-14/h2-7,10-11,14H,8-9,12H2,1H3,(H,20,23)(H,21,24). The molecule has 6 nitrogen and oxygen atoms in total. The molecule has 2 N–H and O–H groups in total. The predicted octanol–water partition coefficient (Wildman–Crippen LogP) is 2.64. The fraction of sp³-hybridized carbons (Fsp3) is 0.278. The fourth-order valence-corrected chi connectivity index (χ4v) is 2.26. The van der Waals surface area contributed by atoms with Gasteiger partial charge >= 0.3 is 6.03 Å². The quantitative estimate of drug-likeness (QED) is 0.888. The van der Waals surface area contributed by atoms with E-state index in [9.17, 15) is 9.59 Å². The van der Waals surface area contributed by atoms with Gasteiger partial charge in [-0.3, -0.25) is 9.78 Å². The van der Waals surface area contributed by atoms with Crippen molar-refractivity contribution < 1.29 is 9.59 Å². The van der Waals surface area contributed by atoms with Gasteiger partial charge in [0.2, 0.25) is 0 Å². The molecule has 0 aliphatic heterocycles. The van der Waals surface area contributed by atoms with Crippen molar-refractivity contribution in [1.82, 2.24) is 15.2 Å². The van der Waals surface area contributed by atoms with Crippen LogP contribution in [0, 0.1) is 0 Å². The van der Waals surface area contributed by atoms with Crippen LogP contribution in [-0.2, 0) is 6.54 Å². The minimum absolute atomic E-state index is 0.101. The molecule has 1 aromatic carbocycles. The van der Waals surface area contributed by atoms with E-state index in [1.54, 1.807) is 42.4 Å². The monoisotopic (exact) mass is 324 g/mol. The topological polar surface area (TPSA) is 74.3 Å². The van der Waals surface area contributed by atoms with Crippen LogP contribution in [0.4, 0.5) is 10.5 Å². The van der Waals surface area contributed by atoms with E-state index in [4.69, 9.17) is 0 Å². The summed E-state index contributed by atoms with van der Waals surface area (Å²) < 4.78 is 0. The molecule has 1 aromatic heterocycles. The molecule has 0 bridgehead atoms. The molecule has 3 amide bonds. The lowest BCUT2D eigenvalue weighted by atomic mass is 10.2. The minimum atomic E-state index is -0.250. The normalized spacial score (nSPS) is 13.2. The number of aromatic nitrogens is 1. The molecule has 0 radical (unpaired) electrons. The molecule has 0 spiro atoms. The van der Waals surface area contributed by atoms with E-state index in [1.165, 1.54) is 0 Å². The Bertz CT molecular complexity index is 729. The number of hydrogen-bond donors (Lipinski definition) is 2. The Labute approximate surface area is 140 Å². The van der Waals surface area contributed by atoms with Crippen LogP contribution in [0.2, 0.25) is 0 Å². The van der Waals surface area contributed by atoms with Gasteiger partial charge in [-0.25, -0.2) is 4.79 Å². The van der Waals surface area contributed by atoms with Crippen molar-refractivity contribution in [3.63, 3.8) is 0 Å². The highest BCUT2D eigenvalue weighted by Crippen LogP contribution is 2.20. The number of anilines is 1. The Hall–Kier alpha value is -2.89. The molecule has 0 saturated heterocycles. The molecule has 2 aromatic rings. The Morgan fingerprint density at radius 1 is 1.21 bits per heavy atom. The number of nitrogens with zero attached hydrogens (tertiary/aromatic N) is 2. The van der Waals surface area contributed by atoms with Crippen molar-refractivity contribution >= 4 is 17.6 Å². The van der Waals surface area contributed by atoms with Crippen molar-refractivity contribution in [1.29, 1.82) is 0 Å². The Kier molecular flexibility index (Phi) is 4.74. The lowest BCUT2D eigenvalue weighted by Crippen LogP contribution is -2.31. The average molecular weight is 324 g/mol. The first-order valence-corrected chi connectivity index (χ1v) is 7.95. The van der Waals surface area contributed by atoms with Crippen molar-refractivity contribution in [3.8, 4) is 0 Å². The lowest BCUT2D eigenvalue weighted by Gasteiger charge is -2.17. The number of benzene rings is 1. The fourth-order valence-electron chi connectivity index (χ4n) is 2.26. The van der Waals surface area contributed by atoms with Crippen molar-refractivity contribution in [2.24, 2.45) is 0 Å². The largest absolute Gasteiger partial charge is 0.349 e. The summed E-state index contributed by atoms with van der Waals surface area (Å²) in [5.74, 6) is -0.101. The van der Waals surface area contributed by atoms with Gasteiger partial charge in [0.25, 0.3) is 5.91 Å². The number of pyridine rings is 1. The second-order valence-corrected chi connectivity index (χ2v) is 5.94. The average Bonchev–Trinajstić information content (AvgIpc) is 3.40. The first kappa shape index (κ1) is 16.0. The number of urea groups is 1. The van der Waals surface area contributed by atoms with Crippen LogP contribution >= 0.6 is 0 Å². The number of nitrogens with one attached hydrogen (secondary N) is 2. The van der Waals surface area contributed by atoms with Crippen LogP contribution < -0.4 is 10.6 Å². The van der Waals surface area contributed by atoms with E-state index < -0.39 is 0 Å². The predicted molar refractivity (Wildman–Crippen MR) is 91.7 cm³/mol. The zero-order valence-electron chi connectivity index (χ0n) is 13.5. The van der Waals surface area contributed by atoms with Gasteiger partial charge in [-0.05, 0) is 43.2 Å². The van der Waals surface area contributed by atoms with Gasteiger partial charge in [0, 0.05) is 30.5 Å². The maximum Gasteiger partial charge on any atom is 0.321 e. The molecule has 1 heterocycles. The van der Waals surface area contributed by atoms with Crippen molar-refractivity contribution in [2.45, 2.75) is 25.4 Å². The second kappa shape index (κ2) is 7.12. The summed E-state index contributed by atoms with van der Waals surface area (Å²) in [7, 11) is 1.70. The smallest absolute Gasteiger partial charge is 0.321 e. The maximum atomic E-state index is 12.3. The summed E-state index contributed by atoms with van der Waals surface area (Å²) in [5.41, 5.74) is 1.95. The third-order valence-electron chi connectivity index (χ3n) is 3.76. The highest BCUT2D eigenvalue weighted by Gasteiger charge is 2.23. The molecule has 1 aliphatic rings. The molecule has 0 unspecified atom stereocenters. The van der Waals surface area contributed by atoms with Crippen molar-refractivity contribution in [3.05, 3.63) is 59.9 Å². The van der Waals surface area contributed by atoms with E-state index in [-0.39, 0.29) is 11.9 Å². The number of carbonyl (C=O) groups excluding carboxylic acids is 2. The number of amides is 3. The van der Waals surface area contributed by atoms with E-state index in [1.807, 2.05) is 18.2 Å². The van der Waals surface area contributed by atoms with Crippen LogP contribution in [0.25, 0.3) is 0 Å². The first-order chi connectivity index (χ1) is 11.6. The summed E-state index contributed by atoms with van der Waals surface area (Å²) in [6, 6.07) is 12.6. The molecular weight excluding hydrogens is 304 g/mol.